The molecule has 0 aromatic heterocycles. The van der Waals surface area contributed by atoms with E-state index >= 15 is 0 Å². The van der Waals surface area contributed by atoms with E-state index in [4.69, 9.17) is 0 Å². The Bertz CT molecular complexity index is 240. The van der Waals surface area contributed by atoms with Crippen molar-refractivity contribution >= 4 is 0 Å². The first-order valence-electron chi connectivity index (χ1n) is 7.67. The Morgan fingerprint density at radius 2 is 1.59 bits per heavy atom. The fraction of sp³-hybridized carbons (Fsp3) is 1.00. The maximum absolute atomic E-state index is 2.78. The number of piperidine rings is 3. The maximum Gasteiger partial charge on any atom is 0.00385 e. The number of nitrogens with zero attached hydrogens (tertiary/aromatic N) is 2. The number of rotatable bonds is 3. The number of fused-ring (bicyclic) bond motifs is 2. The van der Waals surface area contributed by atoms with Crippen molar-refractivity contribution in [2.45, 2.75) is 45.6 Å². The smallest absolute Gasteiger partial charge is 0.00385 e. The van der Waals surface area contributed by atoms with Crippen LogP contribution in [0, 0.1) is 17.8 Å². The Labute approximate surface area is 106 Å². The van der Waals surface area contributed by atoms with Crippen LogP contribution in [-0.4, -0.2) is 48.6 Å². The van der Waals surface area contributed by atoms with E-state index in [9.17, 15) is 0 Å². The first-order chi connectivity index (χ1) is 8.20. The third-order valence-electron chi connectivity index (χ3n) is 5.26. The van der Waals surface area contributed by atoms with E-state index in [2.05, 4.69) is 23.6 Å². The zero-order valence-corrected chi connectivity index (χ0v) is 11.6. The van der Waals surface area contributed by atoms with Crippen LogP contribution in [0.3, 0.4) is 0 Å². The highest BCUT2D eigenvalue weighted by molar-refractivity contribution is 4.90. The highest BCUT2D eigenvalue weighted by Gasteiger charge is 2.37. The molecule has 0 spiro atoms. The molecule has 0 radical (unpaired) electrons. The topological polar surface area (TPSA) is 6.48 Å². The first-order valence-corrected chi connectivity index (χ1v) is 7.67. The van der Waals surface area contributed by atoms with Gasteiger partial charge in [-0.05, 0) is 70.4 Å². The fourth-order valence-corrected chi connectivity index (χ4v) is 4.14. The molecule has 0 atom stereocenters. The van der Waals surface area contributed by atoms with Crippen LogP contribution in [0.25, 0.3) is 0 Å². The second kappa shape index (κ2) is 4.89. The molecule has 0 amide bonds. The van der Waals surface area contributed by atoms with E-state index in [0.29, 0.717) is 0 Å². The molecule has 2 bridgehead atoms. The average molecular weight is 236 g/mol. The maximum atomic E-state index is 2.78. The standard InChI is InChI=1S/C15H28N2/c1-12(2)17-5-3-13(4-6-17)9-16-10-14-7-15(8-14)11-16/h12-15H,3-11H2,1-2H3. The van der Waals surface area contributed by atoms with Crippen molar-refractivity contribution in [2.24, 2.45) is 17.8 Å². The SMILES string of the molecule is CC(C)N1CCC(CN2CC3CC(C3)C2)CC1. The summed E-state index contributed by atoms with van der Waals surface area (Å²) in [5, 5.41) is 0. The molecule has 3 heterocycles. The quantitative estimate of drug-likeness (QED) is 0.742. The molecule has 0 unspecified atom stereocenters. The van der Waals surface area contributed by atoms with Crippen molar-refractivity contribution in [2.75, 3.05) is 32.7 Å². The molecule has 4 rings (SSSR count). The number of hydrogen-bond acceptors (Lipinski definition) is 2. The summed E-state index contributed by atoms with van der Waals surface area (Å²) in [6.07, 6.45) is 5.96. The van der Waals surface area contributed by atoms with E-state index in [1.165, 1.54) is 45.6 Å². The summed E-state index contributed by atoms with van der Waals surface area (Å²) in [4.78, 5) is 5.42. The van der Waals surface area contributed by atoms with E-state index in [0.717, 1.165) is 23.8 Å². The van der Waals surface area contributed by atoms with Gasteiger partial charge in [0.25, 0.3) is 0 Å². The van der Waals surface area contributed by atoms with Gasteiger partial charge in [-0.1, -0.05) is 0 Å². The van der Waals surface area contributed by atoms with E-state index in [1.807, 2.05) is 0 Å². The van der Waals surface area contributed by atoms with Gasteiger partial charge in [-0.25, -0.2) is 0 Å². The van der Waals surface area contributed by atoms with Crippen molar-refractivity contribution in [1.82, 2.24) is 9.80 Å². The number of hydrogen-bond donors (Lipinski definition) is 0. The van der Waals surface area contributed by atoms with Crippen LogP contribution >= 0.6 is 0 Å². The van der Waals surface area contributed by atoms with Crippen LogP contribution in [0.5, 0.6) is 0 Å². The molecule has 2 nitrogen and oxygen atoms in total. The van der Waals surface area contributed by atoms with E-state index < -0.39 is 0 Å². The second-order valence-electron chi connectivity index (χ2n) is 7.00. The minimum Gasteiger partial charge on any atom is -0.303 e. The summed E-state index contributed by atoms with van der Waals surface area (Å²) in [5.74, 6) is 3.14. The predicted octanol–water partition coefficient (Wildman–Crippen LogP) is 2.45. The van der Waals surface area contributed by atoms with Crippen molar-refractivity contribution in [3.8, 4) is 0 Å². The molecule has 1 saturated carbocycles. The van der Waals surface area contributed by atoms with Gasteiger partial charge in [0.1, 0.15) is 0 Å². The van der Waals surface area contributed by atoms with Crippen molar-refractivity contribution in [1.29, 1.82) is 0 Å². The molecule has 0 aromatic carbocycles. The summed E-state index contributed by atoms with van der Waals surface area (Å²) < 4.78 is 0. The second-order valence-corrected chi connectivity index (χ2v) is 7.00. The van der Waals surface area contributed by atoms with Gasteiger partial charge in [-0.2, -0.15) is 0 Å². The predicted molar refractivity (Wildman–Crippen MR) is 72.1 cm³/mol. The Hall–Kier alpha value is -0.0800. The highest BCUT2D eigenvalue weighted by atomic mass is 15.2. The molecular formula is C15H28N2. The average Bonchev–Trinajstić information content (AvgIpc) is 2.28. The van der Waals surface area contributed by atoms with Gasteiger partial charge in [0.15, 0.2) is 0 Å². The number of likely N-dealkylation sites (tertiary alicyclic amines) is 1. The Morgan fingerprint density at radius 1 is 1.00 bits per heavy atom. The van der Waals surface area contributed by atoms with Gasteiger partial charge < -0.3 is 9.80 Å². The molecule has 4 aliphatic rings. The Balaban J connectivity index is 1.41. The fourth-order valence-electron chi connectivity index (χ4n) is 4.14. The molecule has 3 aliphatic heterocycles. The summed E-state index contributed by atoms with van der Waals surface area (Å²) in [7, 11) is 0. The van der Waals surface area contributed by atoms with Gasteiger partial charge in [0, 0.05) is 25.7 Å². The summed E-state index contributed by atoms with van der Waals surface area (Å²) >= 11 is 0. The normalized spacial score (nSPS) is 36.2. The Kier molecular flexibility index (Phi) is 3.45. The van der Waals surface area contributed by atoms with Crippen LogP contribution in [0.1, 0.15) is 39.5 Å². The molecule has 2 heteroatoms. The summed E-state index contributed by atoms with van der Waals surface area (Å²) in [5.41, 5.74) is 0. The molecule has 3 saturated heterocycles. The summed E-state index contributed by atoms with van der Waals surface area (Å²) in [6, 6.07) is 0.749. The third kappa shape index (κ3) is 2.68. The van der Waals surface area contributed by atoms with Crippen molar-refractivity contribution < 1.29 is 0 Å². The Morgan fingerprint density at radius 3 is 2.12 bits per heavy atom. The molecule has 98 valence electrons. The lowest BCUT2D eigenvalue weighted by molar-refractivity contribution is 0.0104. The van der Waals surface area contributed by atoms with Gasteiger partial charge >= 0.3 is 0 Å². The molecule has 1 aliphatic carbocycles. The molecule has 0 N–H and O–H groups in total. The van der Waals surface area contributed by atoms with Crippen LogP contribution in [0.4, 0.5) is 0 Å². The van der Waals surface area contributed by atoms with Crippen molar-refractivity contribution in [3.63, 3.8) is 0 Å². The molecule has 17 heavy (non-hydrogen) atoms. The molecular weight excluding hydrogens is 208 g/mol. The molecule has 0 aromatic rings. The largest absolute Gasteiger partial charge is 0.303 e. The lowest BCUT2D eigenvalue weighted by Crippen LogP contribution is -2.51. The zero-order valence-electron chi connectivity index (χ0n) is 11.6. The monoisotopic (exact) mass is 236 g/mol. The van der Waals surface area contributed by atoms with Gasteiger partial charge in [-0.3, -0.25) is 0 Å². The van der Waals surface area contributed by atoms with Crippen LogP contribution in [-0.2, 0) is 0 Å². The zero-order chi connectivity index (χ0) is 11.8. The van der Waals surface area contributed by atoms with Crippen LogP contribution in [0.2, 0.25) is 0 Å². The van der Waals surface area contributed by atoms with Gasteiger partial charge in [0.05, 0.1) is 0 Å². The van der Waals surface area contributed by atoms with Gasteiger partial charge in [-0.15, -0.1) is 0 Å². The lowest BCUT2D eigenvalue weighted by Gasteiger charge is -2.48. The first kappa shape index (κ1) is 12.0. The van der Waals surface area contributed by atoms with E-state index in [-0.39, 0.29) is 0 Å². The van der Waals surface area contributed by atoms with Crippen LogP contribution in [0.15, 0.2) is 0 Å². The highest BCUT2D eigenvalue weighted by Crippen LogP contribution is 2.39. The van der Waals surface area contributed by atoms with E-state index in [1.54, 1.807) is 12.8 Å². The van der Waals surface area contributed by atoms with Crippen LogP contribution < -0.4 is 0 Å². The lowest BCUT2D eigenvalue weighted by atomic mass is 9.71. The van der Waals surface area contributed by atoms with Gasteiger partial charge in [0.2, 0.25) is 0 Å². The third-order valence-corrected chi connectivity index (χ3v) is 5.26. The summed E-state index contributed by atoms with van der Waals surface area (Å²) in [6.45, 7) is 11.6. The van der Waals surface area contributed by atoms with Crippen molar-refractivity contribution in [3.05, 3.63) is 0 Å². The minimum atomic E-state index is 0.749. The molecule has 4 fully saturated rings. The minimum absolute atomic E-state index is 0.749.